The number of carbonyl (C=O) groups is 1. The normalized spacial score (nSPS) is 12.5. The number of halogens is 1. The maximum Gasteiger partial charge on any atom is 0.238 e. The molecule has 0 saturated heterocycles. The van der Waals surface area contributed by atoms with Gasteiger partial charge >= 0.3 is 0 Å². The number of hydrogen-bond acceptors (Lipinski definition) is 2. The number of amides is 1. The van der Waals surface area contributed by atoms with Gasteiger partial charge in [0, 0.05) is 9.61 Å². The molecule has 0 heterocycles. The third-order valence-corrected chi connectivity index (χ3v) is 3.94. The van der Waals surface area contributed by atoms with Crippen LogP contribution in [0.1, 0.15) is 26.7 Å². The van der Waals surface area contributed by atoms with Gasteiger partial charge in [0.05, 0.1) is 12.2 Å². The lowest BCUT2D eigenvalue weighted by atomic mass is 10.2. The molecule has 1 rings (SSSR count). The van der Waals surface area contributed by atoms with Crippen LogP contribution >= 0.6 is 22.6 Å². The lowest BCUT2D eigenvalue weighted by Gasteiger charge is -2.23. The largest absolute Gasteiger partial charge is 0.324 e. The van der Waals surface area contributed by atoms with E-state index in [1.807, 2.05) is 31.3 Å². The molecule has 0 aromatic heterocycles. The molecule has 1 unspecified atom stereocenters. The SMILES string of the molecule is CCCC(C)N(C)CC(=O)Nc1ccccc1I. The van der Waals surface area contributed by atoms with E-state index in [0.717, 1.165) is 22.1 Å². The van der Waals surface area contributed by atoms with E-state index in [4.69, 9.17) is 0 Å². The molecule has 18 heavy (non-hydrogen) atoms. The van der Waals surface area contributed by atoms with Gasteiger partial charge in [-0.3, -0.25) is 9.69 Å². The van der Waals surface area contributed by atoms with Crippen LogP contribution in [0.15, 0.2) is 24.3 Å². The van der Waals surface area contributed by atoms with Crippen LogP contribution in [0.4, 0.5) is 5.69 Å². The molecule has 1 N–H and O–H groups in total. The van der Waals surface area contributed by atoms with Gasteiger partial charge in [-0.15, -0.1) is 0 Å². The summed E-state index contributed by atoms with van der Waals surface area (Å²) in [5.41, 5.74) is 0.889. The van der Waals surface area contributed by atoms with Gasteiger partial charge in [0.1, 0.15) is 0 Å². The Morgan fingerprint density at radius 1 is 1.44 bits per heavy atom. The Balaban J connectivity index is 2.49. The van der Waals surface area contributed by atoms with Crippen LogP contribution in [0.3, 0.4) is 0 Å². The molecular weight excluding hydrogens is 339 g/mol. The minimum absolute atomic E-state index is 0.0459. The average Bonchev–Trinajstić information content (AvgIpc) is 2.32. The maximum absolute atomic E-state index is 11.9. The number of likely N-dealkylation sites (N-methyl/N-ethyl adjacent to an activating group) is 1. The molecular formula is C14H21IN2O. The fraction of sp³-hybridized carbons (Fsp3) is 0.500. The summed E-state index contributed by atoms with van der Waals surface area (Å²) in [5.74, 6) is 0.0459. The van der Waals surface area contributed by atoms with E-state index in [9.17, 15) is 4.79 Å². The Labute approximate surface area is 123 Å². The van der Waals surface area contributed by atoms with E-state index in [1.165, 1.54) is 0 Å². The van der Waals surface area contributed by atoms with Crippen molar-refractivity contribution in [1.82, 2.24) is 4.90 Å². The molecule has 0 bridgehead atoms. The molecule has 1 aromatic rings. The second-order valence-electron chi connectivity index (χ2n) is 4.58. The lowest BCUT2D eigenvalue weighted by molar-refractivity contribution is -0.117. The van der Waals surface area contributed by atoms with Crippen molar-refractivity contribution >= 4 is 34.2 Å². The summed E-state index contributed by atoms with van der Waals surface area (Å²) in [6.07, 6.45) is 2.26. The van der Waals surface area contributed by atoms with E-state index >= 15 is 0 Å². The molecule has 0 aliphatic heterocycles. The van der Waals surface area contributed by atoms with Crippen LogP contribution < -0.4 is 5.32 Å². The fourth-order valence-corrected chi connectivity index (χ4v) is 2.30. The van der Waals surface area contributed by atoms with Crippen molar-refractivity contribution in [3.63, 3.8) is 0 Å². The zero-order valence-electron chi connectivity index (χ0n) is 11.2. The number of rotatable bonds is 6. The van der Waals surface area contributed by atoms with Crippen LogP contribution in [-0.4, -0.2) is 30.4 Å². The second-order valence-corrected chi connectivity index (χ2v) is 5.74. The van der Waals surface area contributed by atoms with Crippen molar-refractivity contribution in [2.45, 2.75) is 32.7 Å². The highest BCUT2D eigenvalue weighted by atomic mass is 127. The van der Waals surface area contributed by atoms with Gasteiger partial charge in [-0.1, -0.05) is 25.5 Å². The number of carbonyl (C=O) groups excluding carboxylic acids is 1. The van der Waals surface area contributed by atoms with Crippen molar-refractivity contribution in [1.29, 1.82) is 0 Å². The zero-order valence-corrected chi connectivity index (χ0v) is 13.4. The van der Waals surface area contributed by atoms with Gasteiger partial charge < -0.3 is 5.32 Å². The van der Waals surface area contributed by atoms with Gasteiger partial charge in [0.2, 0.25) is 5.91 Å². The predicted molar refractivity (Wildman–Crippen MR) is 84.8 cm³/mol. The summed E-state index contributed by atoms with van der Waals surface area (Å²) in [6, 6.07) is 8.25. The van der Waals surface area contributed by atoms with Crippen molar-refractivity contribution in [2.24, 2.45) is 0 Å². The van der Waals surface area contributed by atoms with Crippen molar-refractivity contribution < 1.29 is 4.79 Å². The smallest absolute Gasteiger partial charge is 0.238 e. The highest BCUT2D eigenvalue weighted by Crippen LogP contribution is 2.16. The van der Waals surface area contributed by atoms with Crippen LogP contribution in [0.5, 0.6) is 0 Å². The minimum atomic E-state index is 0.0459. The highest BCUT2D eigenvalue weighted by Gasteiger charge is 2.12. The first kappa shape index (κ1) is 15.4. The number of anilines is 1. The molecule has 0 aliphatic rings. The summed E-state index contributed by atoms with van der Waals surface area (Å²) in [6.45, 7) is 4.76. The van der Waals surface area contributed by atoms with Gasteiger partial charge in [0.15, 0.2) is 0 Å². The average molecular weight is 360 g/mol. The number of para-hydroxylation sites is 1. The first-order chi connectivity index (χ1) is 8.54. The molecule has 0 saturated carbocycles. The van der Waals surface area contributed by atoms with Crippen LogP contribution in [0, 0.1) is 3.57 Å². The first-order valence-electron chi connectivity index (χ1n) is 6.29. The molecule has 1 atom stereocenters. The van der Waals surface area contributed by atoms with E-state index in [2.05, 4.69) is 46.7 Å². The first-order valence-corrected chi connectivity index (χ1v) is 7.37. The fourth-order valence-electron chi connectivity index (χ4n) is 1.77. The summed E-state index contributed by atoms with van der Waals surface area (Å²) in [5, 5.41) is 2.95. The van der Waals surface area contributed by atoms with Gasteiger partial charge in [0.25, 0.3) is 0 Å². The molecule has 1 aromatic carbocycles. The Kier molecular flexibility index (Phi) is 6.63. The summed E-state index contributed by atoms with van der Waals surface area (Å²) in [4.78, 5) is 14.0. The Hall–Kier alpha value is -0.620. The van der Waals surface area contributed by atoms with Crippen molar-refractivity contribution in [3.8, 4) is 0 Å². The summed E-state index contributed by atoms with van der Waals surface area (Å²) in [7, 11) is 2.00. The molecule has 0 aliphatic carbocycles. The number of hydrogen-bond donors (Lipinski definition) is 1. The molecule has 0 spiro atoms. The summed E-state index contributed by atoms with van der Waals surface area (Å²) >= 11 is 2.23. The molecule has 3 nitrogen and oxygen atoms in total. The second kappa shape index (κ2) is 7.74. The summed E-state index contributed by atoms with van der Waals surface area (Å²) < 4.78 is 1.06. The molecule has 100 valence electrons. The van der Waals surface area contributed by atoms with Gasteiger partial charge in [-0.25, -0.2) is 0 Å². The van der Waals surface area contributed by atoms with Crippen molar-refractivity contribution in [2.75, 3.05) is 18.9 Å². The van der Waals surface area contributed by atoms with Gasteiger partial charge in [-0.05, 0) is 55.1 Å². The minimum Gasteiger partial charge on any atom is -0.324 e. The van der Waals surface area contributed by atoms with E-state index < -0.39 is 0 Å². The standard InChI is InChI=1S/C14H21IN2O/c1-4-7-11(2)17(3)10-14(18)16-13-9-6-5-8-12(13)15/h5-6,8-9,11H,4,7,10H2,1-3H3,(H,16,18). The van der Waals surface area contributed by atoms with E-state index in [1.54, 1.807) is 0 Å². The third-order valence-electron chi connectivity index (χ3n) is 3.00. The molecule has 1 amide bonds. The topological polar surface area (TPSA) is 32.3 Å². The number of nitrogens with zero attached hydrogens (tertiary/aromatic N) is 1. The highest BCUT2D eigenvalue weighted by molar-refractivity contribution is 14.1. The van der Waals surface area contributed by atoms with Gasteiger partial charge in [-0.2, -0.15) is 0 Å². The third kappa shape index (κ3) is 4.94. The Bertz CT molecular complexity index is 395. The number of benzene rings is 1. The van der Waals surface area contributed by atoms with Crippen molar-refractivity contribution in [3.05, 3.63) is 27.8 Å². The Morgan fingerprint density at radius 2 is 2.11 bits per heavy atom. The van der Waals surface area contributed by atoms with Crippen LogP contribution in [-0.2, 0) is 4.79 Å². The molecule has 0 radical (unpaired) electrons. The van der Waals surface area contributed by atoms with Crippen LogP contribution in [0.25, 0.3) is 0 Å². The Morgan fingerprint density at radius 3 is 2.72 bits per heavy atom. The van der Waals surface area contributed by atoms with E-state index in [0.29, 0.717) is 12.6 Å². The quantitative estimate of drug-likeness (QED) is 0.790. The monoisotopic (exact) mass is 360 g/mol. The molecule has 0 fully saturated rings. The van der Waals surface area contributed by atoms with Crippen LogP contribution in [0.2, 0.25) is 0 Å². The maximum atomic E-state index is 11.9. The van der Waals surface area contributed by atoms with E-state index in [-0.39, 0.29) is 5.91 Å². The number of nitrogens with one attached hydrogen (secondary N) is 1. The molecule has 4 heteroatoms. The predicted octanol–water partition coefficient (Wildman–Crippen LogP) is 3.35. The zero-order chi connectivity index (χ0) is 13.5. The lowest BCUT2D eigenvalue weighted by Crippen LogP contribution is -2.36.